The van der Waals surface area contributed by atoms with E-state index in [1.54, 1.807) is 47.6 Å². The van der Waals surface area contributed by atoms with E-state index in [9.17, 15) is 9.90 Å². The van der Waals surface area contributed by atoms with Crippen molar-refractivity contribution in [2.45, 2.75) is 26.0 Å². The Morgan fingerprint density at radius 2 is 2.07 bits per heavy atom. The van der Waals surface area contributed by atoms with E-state index in [0.29, 0.717) is 22.0 Å². The number of nitrogens with zero attached hydrogens (tertiary/aromatic N) is 2. The molecule has 2 aromatic carbocycles. The van der Waals surface area contributed by atoms with Crippen molar-refractivity contribution < 1.29 is 14.6 Å². The first-order chi connectivity index (χ1) is 13.0. The summed E-state index contributed by atoms with van der Waals surface area (Å²) in [7, 11) is 0. The first kappa shape index (κ1) is 18.9. The molecule has 27 heavy (non-hydrogen) atoms. The Kier molecular flexibility index (Phi) is 5.78. The smallest absolute Gasteiger partial charge is 0.349 e. The number of allylic oxidation sites excluding steroid dienone is 1. The minimum Gasteiger partial charge on any atom is -0.478 e. The number of carbonyl (C=O) groups is 1. The lowest BCUT2D eigenvalue weighted by Crippen LogP contribution is -2.36. The second-order valence-corrected chi connectivity index (χ2v) is 6.48. The SMILES string of the molecule is C/C=C\C1=NN(c2cc(Cl)ccc2OC(C(=O)O)c2ccccc2)NC1C. The second-order valence-electron chi connectivity index (χ2n) is 6.05. The highest BCUT2D eigenvalue weighted by atomic mass is 35.5. The van der Waals surface area contributed by atoms with Gasteiger partial charge in [0.1, 0.15) is 11.4 Å². The van der Waals surface area contributed by atoms with Crippen molar-refractivity contribution in [1.82, 2.24) is 5.43 Å². The number of benzene rings is 2. The van der Waals surface area contributed by atoms with Crippen LogP contribution in [-0.4, -0.2) is 22.8 Å². The van der Waals surface area contributed by atoms with Gasteiger partial charge < -0.3 is 9.84 Å². The fourth-order valence-electron chi connectivity index (χ4n) is 2.72. The number of hydrogen-bond donors (Lipinski definition) is 2. The molecular formula is C20H20ClN3O3. The van der Waals surface area contributed by atoms with Crippen molar-refractivity contribution in [1.29, 1.82) is 0 Å². The molecule has 0 aromatic heterocycles. The van der Waals surface area contributed by atoms with Crippen LogP contribution in [0.1, 0.15) is 25.5 Å². The number of anilines is 1. The molecule has 0 amide bonds. The van der Waals surface area contributed by atoms with Gasteiger partial charge in [-0.1, -0.05) is 48.0 Å². The number of ether oxygens (including phenoxy) is 1. The van der Waals surface area contributed by atoms with E-state index < -0.39 is 12.1 Å². The van der Waals surface area contributed by atoms with Gasteiger partial charge in [-0.05, 0) is 38.1 Å². The van der Waals surface area contributed by atoms with Crippen molar-refractivity contribution in [2.24, 2.45) is 5.10 Å². The number of hydrazone groups is 1. The largest absolute Gasteiger partial charge is 0.478 e. The third-order valence-electron chi connectivity index (χ3n) is 4.03. The summed E-state index contributed by atoms with van der Waals surface area (Å²) in [6.45, 7) is 3.90. The van der Waals surface area contributed by atoms with Crippen LogP contribution < -0.4 is 15.3 Å². The van der Waals surface area contributed by atoms with Crippen molar-refractivity contribution in [3.8, 4) is 5.75 Å². The average Bonchev–Trinajstić information content (AvgIpc) is 3.02. The predicted molar refractivity (Wildman–Crippen MR) is 106 cm³/mol. The Hall–Kier alpha value is -2.83. The lowest BCUT2D eigenvalue weighted by Gasteiger charge is -2.22. The molecule has 2 aromatic rings. The number of hydrazine groups is 1. The van der Waals surface area contributed by atoms with Gasteiger partial charge in [0.25, 0.3) is 0 Å². The van der Waals surface area contributed by atoms with E-state index in [-0.39, 0.29) is 6.04 Å². The number of hydrogen-bond acceptors (Lipinski definition) is 5. The average molecular weight is 386 g/mol. The molecule has 2 unspecified atom stereocenters. The quantitative estimate of drug-likeness (QED) is 0.779. The van der Waals surface area contributed by atoms with E-state index in [2.05, 4.69) is 10.5 Å². The summed E-state index contributed by atoms with van der Waals surface area (Å²) in [6, 6.07) is 13.8. The molecule has 0 spiro atoms. The van der Waals surface area contributed by atoms with Crippen LogP contribution in [0.15, 0.2) is 65.8 Å². The number of aliphatic carboxylic acids is 1. The molecule has 1 heterocycles. The summed E-state index contributed by atoms with van der Waals surface area (Å²) in [5, 5.41) is 16.2. The zero-order valence-electron chi connectivity index (χ0n) is 15.0. The van der Waals surface area contributed by atoms with Gasteiger partial charge in [-0.3, -0.25) is 0 Å². The summed E-state index contributed by atoms with van der Waals surface area (Å²) < 4.78 is 5.86. The summed E-state index contributed by atoms with van der Waals surface area (Å²) in [5.41, 5.74) is 5.14. The highest BCUT2D eigenvalue weighted by molar-refractivity contribution is 6.31. The van der Waals surface area contributed by atoms with E-state index in [1.165, 1.54) is 0 Å². The Morgan fingerprint density at radius 3 is 2.74 bits per heavy atom. The van der Waals surface area contributed by atoms with Crippen LogP contribution in [0.25, 0.3) is 0 Å². The molecule has 0 saturated carbocycles. The summed E-state index contributed by atoms with van der Waals surface area (Å²) in [4.78, 5) is 11.8. The summed E-state index contributed by atoms with van der Waals surface area (Å²) in [6.07, 6.45) is 2.67. The molecule has 1 aliphatic heterocycles. The van der Waals surface area contributed by atoms with Crippen LogP contribution in [0, 0.1) is 0 Å². The van der Waals surface area contributed by atoms with Gasteiger partial charge >= 0.3 is 5.97 Å². The Morgan fingerprint density at radius 1 is 1.33 bits per heavy atom. The van der Waals surface area contributed by atoms with E-state index in [4.69, 9.17) is 16.3 Å². The van der Waals surface area contributed by atoms with E-state index in [1.807, 2.05) is 32.1 Å². The third-order valence-corrected chi connectivity index (χ3v) is 4.27. The molecule has 2 N–H and O–H groups in total. The maximum atomic E-state index is 11.8. The zero-order valence-corrected chi connectivity index (χ0v) is 15.7. The molecule has 0 saturated heterocycles. The second kappa shape index (κ2) is 8.24. The number of carboxylic acid groups (broad SMARTS) is 1. The third kappa shape index (κ3) is 4.30. The van der Waals surface area contributed by atoms with Crippen LogP contribution in [0.5, 0.6) is 5.75 Å². The Bertz CT molecular complexity index is 883. The number of rotatable bonds is 6. The normalized spacial score (nSPS) is 17.8. The van der Waals surface area contributed by atoms with Gasteiger partial charge in [-0.15, -0.1) is 0 Å². The lowest BCUT2D eigenvalue weighted by atomic mass is 10.1. The first-order valence-corrected chi connectivity index (χ1v) is 8.89. The minimum absolute atomic E-state index is 0.00238. The molecule has 0 fully saturated rings. The number of nitrogens with one attached hydrogen (secondary N) is 1. The molecule has 0 radical (unpaired) electrons. The van der Waals surface area contributed by atoms with Crippen LogP contribution >= 0.6 is 11.6 Å². The van der Waals surface area contributed by atoms with E-state index in [0.717, 1.165) is 5.71 Å². The van der Waals surface area contributed by atoms with Crippen LogP contribution in [-0.2, 0) is 4.79 Å². The number of halogens is 1. The van der Waals surface area contributed by atoms with Crippen LogP contribution in [0.3, 0.4) is 0 Å². The topological polar surface area (TPSA) is 74.2 Å². The molecule has 2 atom stereocenters. The Labute approximate surface area is 162 Å². The van der Waals surface area contributed by atoms with Gasteiger partial charge in [0.15, 0.2) is 0 Å². The van der Waals surface area contributed by atoms with Crippen molar-refractivity contribution >= 4 is 29.0 Å². The molecule has 6 nitrogen and oxygen atoms in total. The Balaban J connectivity index is 1.96. The predicted octanol–water partition coefficient (Wildman–Crippen LogP) is 4.19. The van der Waals surface area contributed by atoms with Crippen molar-refractivity contribution in [3.05, 3.63) is 71.3 Å². The molecule has 7 heteroatoms. The lowest BCUT2D eigenvalue weighted by molar-refractivity contribution is -0.145. The highest BCUT2D eigenvalue weighted by Crippen LogP contribution is 2.35. The molecule has 1 aliphatic rings. The molecule has 3 rings (SSSR count). The van der Waals surface area contributed by atoms with Gasteiger partial charge in [0, 0.05) is 10.6 Å². The van der Waals surface area contributed by atoms with E-state index >= 15 is 0 Å². The molecule has 0 bridgehead atoms. The summed E-state index contributed by atoms with van der Waals surface area (Å²) in [5.74, 6) is -0.719. The van der Waals surface area contributed by atoms with Gasteiger partial charge in [-0.2, -0.15) is 10.2 Å². The summed E-state index contributed by atoms with van der Waals surface area (Å²) >= 11 is 6.16. The minimum atomic E-state index is -1.15. The highest BCUT2D eigenvalue weighted by Gasteiger charge is 2.27. The molecule has 0 aliphatic carbocycles. The van der Waals surface area contributed by atoms with Crippen molar-refractivity contribution in [3.63, 3.8) is 0 Å². The fraction of sp³-hybridized carbons (Fsp3) is 0.200. The van der Waals surface area contributed by atoms with Gasteiger partial charge in [0.05, 0.1) is 11.8 Å². The number of carboxylic acids is 1. The zero-order chi connectivity index (χ0) is 19.4. The van der Waals surface area contributed by atoms with Crippen molar-refractivity contribution in [2.75, 3.05) is 5.12 Å². The first-order valence-electron chi connectivity index (χ1n) is 8.51. The van der Waals surface area contributed by atoms with Gasteiger partial charge in [-0.25, -0.2) is 10.2 Å². The monoisotopic (exact) mass is 385 g/mol. The molecule has 140 valence electrons. The maximum Gasteiger partial charge on any atom is 0.349 e. The molecular weight excluding hydrogens is 366 g/mol. The fourth-order valence-corrected chi connectivity index (χ4v) is 2.89. The van der Waals surface area contributed by atoms with Crippen LogP contribution in [0.4, 0.5) is 5.69 Å². The maximum absolute atomic E-state index is 11.8. The van der Waals surface area contributed by atoms with Gasteiger partial charge in [0.2, 0.25) is 6.10 Å². The van der Waals surface area contributed by atoms with Crippen LogP contribution in [0.2, 0.25) is 5.02 Å². The standard InChI is InChI=1S/C20H20ClN3O3/c1-3-7-16-13(2)22-24(23-16)17-12-15(21)10-11-18(17)27-19(20(25)26)14-8-5-4-6-9-14/h3-13,19,22H,1-2H3,(H,25,26)/b7-3-.